The molecule has 1 aromatic carbocycles. The van der Waals surface area contributed by atoms with E-state index in [0.717, 1.165) is 6.42 Å². The van der Waals surface area contributed by atoms with Crippen LogP contribution in [-0.4, -0.2) is 54.5 Å². The van der Waals surface area contributed by atoms with Gasteiger partial charge in [0.1, 0.15) is 0 Å². The van der Waals surface area contributed by atoms with E-state index in [0.29, 0.717) is 36.5 Å². The highest BCUT2D eigenvalue weighted by atomic mass is 35.5. The first-order valence-electron chi connectivity index (χ1n) is 9.62. The average Bonchev–Trinajstić information content (AvgIpc) is 2.72. The second kappa shape index (κ2) is 10.8. The zero-order valence-corrected chi connectivity index (χ0v) is 17.3. The van der Waals surface area contributed by atoms with E-state index in [1.807, 2.05) is 13.8 Å². The molecule has 1 saturated heterocycles. The molecule has 9 heteroatoms. The van der Waals surface area contributed by atoms with Crippen molar-refractivity contribution in [3.8, 4) is 0 Å². The van der Waals surface area contributed by atoms with Crippen molar-refractivity contribution in [3.05, 3.63) is 34.9 Å². The molecule has 1 aliphatic rings. The standard InChI is InChI=1S/C20H26ClN3O5/c1-3-13(2)22-20(28)23-17(25)12-29-19(27)15-8-10-24(11-9-15)18(26)14-4-6-16(21)7-5-14/h4-7,13,15H,3,8-12H2,1-2H3,(H2,22,23,25,28)/t13-/m0/s1. The third kappa shape index (κ3) is 7.05. The molecule has 1 aliphatic heterocycles. The minimum atomic E-state index is -0.686. The van der Waals surface area contributed by atoms with Crippen LogP contribution in [0.15, 0.2) is 24.3 Å². The molecule has 0 bridgehead atoms. The maximum absolute atomic E-state index is 12.5. The molecule has 1 fully saturated rings. The minimum Gasteiger partial charge on any atom is -0.455 e. The Morgan fingerprint density at radius 1 is 1.17 bits per heavy atom. The highest BCUT2D eigenvalue weighted by Gasteiger charge is 2.29. The van der Waals surface area contributed by atoms with Crippen LogP contribution in [0, 0.1) is 5.92 Å². The predicted octanol–water partition coefficient (Wildman–Crippen LogP) is 2.36. The molecule has 8 nitrogen and oxygen atoms in total. The van der Waals surface area contributed by atoms with Crippen molar-refractivity contribution in [2.45, 2.75) is 39.2 Å². The number of piperidine rings is 1. The molecule has 0 spiro atoms. The molecule has 1 heterocycles. The van der Waals surface area contributed by atoms with Crippen molar-refractivity contribution in [3.63, 3.8) is 0 Å². The molecule has 0 radical (unpaired) electrons. The Kier molecular flexibility index (Phi) is 8.45. The number of esters is 1. The summed E-state index contributed by atoms with van der Waals surface area (Å²) < 4.78 is 5.02. The Labute approximate surface area is 174 Å². The first-order valence-corrected chi connectivity index (χ1v) is 9.99. The number of nitrogens with zero attached hydrogens (tertiary/aromatic N) is 1. The summed E-state index contributed by atoms with van der Waals surface area (Å²) in [6, 6.07) is 5.98. The van der Waals surface area contributed by atoms with Gasteiger partial charge in [0.05, 0.1) is 5.92 Å². The van der Waals surface area contributed by atoms with Gasteiger partial charge in [0, 0.05) is 29.7 Å². The molecule has 2 N–H and O–H groups in total. The lowest BCUT2D eigenvalue weighted by Crippen LogP contribution is -2.45. The van der Waals surface area contributed by atoms with E-state index in [2.05, 4.69) is 10.6 Å². The van der Waals surface area contributed by atoms with Crippen LogP contribution in [0.5, 0.6) is 0 Å². The molecule has 1 aromatic rings. The van der Waals surface area contributed by atoms with Gasteiger partial charge in [-0.1, -0.05) is 18.5 Å². The number of urea groups is 1. The normalized spacial score (nSPS) is 15.3. The Morgan fingerprint density at radius 2 is 1.79 bits per heavy atom. The number of hydrogen-bond donors (Lipinski definition) is 2. The summed E-state index contributed by atoms with van der Waals surface area (Å²) >= 11 is 5.84. The van der Waals surface area contributed by atoms with Crippen LogP contribution in [0.2, 0.25) is 5.02 Å². The number of ether oxygens (including phenoxy) is 1. The molecule has 0 aliphatic carbocycles. The largest absolute Gasteiger partial charge is 0.455 e. The van der Waals surface area contributed by atoms with Crippen molar-refractivity contribution in [1.82, 2.24) is 15.5 Å². The SMILES string of the molecule is CC[C@H](C)NC(=O)NC(=O)COC(=O)C1CCN(C(=O)c2ccc(Cl)cc2)CC1. The molecule has 2 rings (SSSR count). The van der Waals surface area contributed by atoms with Crippen LogP contribution in [0.1, 0.15) is 43.5 Å². The van der Waals surface area contributed by atoms with Gasteiger partial charge in [0.25, 0.3) is 11.8 Å². The fourth-order valence-corrected chi connectivity index (χ4v) is 3.00. The Balaban J connectivity index is 1.72. The smallest absolute Gasteiger partial charge is 0.321 e. The predicted molar refractivity (Wildman–Crippen MR) is 107 cm³/mol. The number of halogens is 1. The number of amides is 4. The monoisotopic (exact) mass is 423 g/mol. The number of benzene rings is 1. The zero-order valence-electron chi connectivity index (χ0n) is 16.6. The number of likely N-dealkylation sites (tertiary alicyclic amines) is 1. The van der Waals surface area contributed by atoms with Crippen LogP contribution < -0.4 is 10.6 Å². The van der Waals surface area contributed by atoms with Gasteiger partial charge in [0.2, 0.25) is 0 Å². The van der Waals surface area contributed by atoms with Crippen molar-refractivity contribution in [2.75, 3.05) is 19.7 Å². The molecular formula is C20H26ClN3O5. The van der Waals surface area contributed by atoms with Crippen LogP contribution in [0.4, 0.5) is 4.79 Å². The van der Waals surface area contributed by atoms with Gasteiger partial charge in [-0.15, -0.1) is 0 Å². The third-order valence-electron chi connectivity index (χ3n) is 4.80. The van der Waals surface area contributed by atoms with Crippen molar-refractivity contribution in [1.29, 1.82) is 0 Å². The lowest BCUT2D eigenvalue weighted by atomic mass is 9.96. The van der Waals surface area contributed by atoms with E-state index in [1.54, 1.807) is 29.2 Å². The number of imide groups is 1. The van der Waals surface area contributed by atoms with Crippen LogP contribution in [0.25, 0.3) is 0 Å². The van der Waals surface area contributed by atoms with Crippen molar-refractivity contribution >= 4 is 35.4 Å². The number of nitrogens with one attached hydrogen (secondary N) is 2. The van der Waals surface area contributed by atoms with Gasteiger partial charge >= 0.3 is 12.0 Å². The lowest BCUT2D eigenvalue weighted by molar-refractivity contribution is -0.153. The second-order valence-electron chi connectivity index (χ2n) is 7.01. The summed E-state index contributed by atoms with van der Waals surface area (Å²) in [5.74, 6) is -1.68. The van der Waals surface area contributed by atoms with Gasteiger partial charge < -0.3 is 15.0 Å². The van der Waals surface area contributed by atoms with E-state index in [9.17, 15) is 19.2 Å². The van der Waals surface area contributed by atoms with Crippen LogP contribution >= 0.6 is 11.6 Å². The quantitative estimate of drug-likeness (QED) is 0.683. The Hall–Kier alpha value is -2.61. The summed E-state index contributed by atoms with van der Waals surface area (Å²) in [4.78, 5) is 49.6. The number of carbonyl (C=O) groups is 4. The molecule has 1 atom stereocenters. The van der Waals surface area contributed by atoms with Crippen molar-refractivity contribution in [2.24, 2.45) is 5.92 Å². The highest BCUT2D eigenvalue weighted by Crippen LogP contribution is 2.21. The topological polar surface area (TPSA) is 105 Å². The maximum atomic E-state index is 12.5. The van der Waals surface area contributed by atoms with Crippen LogP contribution in [-0.2, 0) is 14.3 Å². The summed E-state index contributed by atoms with van der Waals surface area (Å²) in [7, 11) is 0. The van der Waals surface area contributed by atoms with E-state index in [-0.39, 0.29) is 17.9 Å². The van der Waals surface area contributed by atoms with Gasteiger partial charge in [-0.2, -0.15) is 0 Å². The van der Waals surface area contributed by atoms with Gasteiger partial charge in [-0.05, 0) is 50.5 Å². The average molecular weight is 424 g/mol. The highest BCUT2D eigenvalue weighted by molar-refractivity contribution is 6.30. The number of hydrogen-bond acceptors (Lipinski definition) is 5. The first-order chi connectivity index (χ1) is 13.8. The lowest BCUT2D eigenvalue weighted by Gasteiger charge is -2.31. The van der Waals surface area contributed by atoms with Gasteiger partial charge in [0.15, 0.2) is 6.61 Å². The fraction of sp³-hybridized carbons (Fsp3) is 0.500. The molecule has 0 aromatic heterocycles. The number of rotatable bonds is 6. The summed E-state index contributed by atoms with van der Waals surface area (Å²) in [5.41, 5.74) is 0.544. The van der Waals surface area contributed by atoms with E-state index in [1.165, 1.54) is 0 Å². The molecule has 158 valence electrons. The Morgan fingerprint density at radius 3 is 2.38 bits per heavy atom. The minimum absolute atomic E-state index is 0.0638. The maximum Gasteiger partial charge on any atom is 0.321 e. The molecule has 0 saturated carbocycles. The number of carbonyl (C=O) groups excluding carboxylic acids is 4. The van der Waals surface area contributed by atoms with Crippen molar-refractivity contribution < 1.29 is 23.9 Å². The van der Waals surface area contributed by atoms with Crippen LogP contribution in [0.3, 0.4) is 0 Å². The molecule has 29 heavy (non-hydrogen) atoms. The third-order valence-corrected chi connectivity index (χ3v) is 5.05. The summed E-state index contributed by atoms with van der Waals surface area (Å²) in [6.45, 7) is 4.04. The zero-order chi connectivity index (χ0) is 21.4. The second-order valence-corrected chi connectivity index (χ2v) is 7.45. The van der Waals surface area contributed by atoms with E-state index >= 15 is 0 Å². The molecule has 0 unspecified atom stereocenters. The summed E-state index contributed by atoms with van der Waals surface area (Å²) in [5, 5.41) is 5.27. The first kappa shape index (κ1) is 22.7. The van der Waals surface area contributed by atoms with Gasteiger partial charge in [-0.3, -0.25) is 19.7 Å². The molecular weight excluding hydrogens is 398 g/mol. The van der Waals surface area contributed by atoms with E-state index in [4.69, 9.17) is 16.3 Å². The van der Waals surface area contributed by atoms with Gasteiger partial charge in [-0.25, -0.2) is 4.79 Å². The molecule has 4 amide bonds. The Bertz CT molecular complexity index is 745. The summed E-state index contributed by atoms with van der Waals surface area (Å²) in [6.07, 6.45) is 1.64. The van der Waals surface area contributed by atoms with E-state index < -0.39 is 24.5 Å². The fourth-order valence-electron chi connectivity index (χ4n) is 2.87.